The second-order valence-corrected chi connectivity index (χ2v) is 1.86. The Kier molecular flexibility index (Phi) is 4.07. The van der Waals surface area contributed by atoms with E-state index in [1.807, 2.05) is 0 Å². The second-order valence-electron chi connectivity index (χ2n) is 1.86. The van der Waals surface area contributed by atoms with Crippen LogP contribution in [-0.4, -0.2) is 21.4 Å². The number of primary amides is 1. The van der Waals surface area contributed by atoms with Gasteiger partial charge in [-0.05, 0) is 12.1 Å². The van der Waals surface area contributed by atoms with Crippen molar-refractivity contribution in [3.63, 3.8) is 0 Å². The predicted octanol–water partition coefficient (Wildman–Crippen LogP) is 0.721. The molecular formula is C7H9NO4. The van der Waals surface area contributed by atoms with E-state index in [1.165, 1.54) is 18.2 Å². The van der Waals surface area contributed by atoms with E-state index in [4.69, 9.17) is 20.1 Å². The lowest BCUT2D eigenvalue weighted by Gasteiger charge is -1.89. The van der Waals surface area contributed by atoms with E-state index in [2.05, 4.69) is 5.73 Å². The Labute approximate surface area is 68.7 Å². The number of nitrogens with two attached hydrogens (primary N) is 1. The van der Waals surface area contributed by atoms with Gasteiger partial charge in [0.25, 0.3) is 0 Å². The average molecular weight is 171 g/mol. The Balaban J connectivity index is 0.000000261. The molecule has 1 rings (SSSR count). The van der Waals surface area contributed by atoms with E-state index >= 15 is 0 Å². The molecule has 0 radical (unpaired) electrons. The highest BCUT2D eigenvalue weighted by Crippen LogP contribution is 2.14. The fraction of sp³-hybridized carbons (Fsp3) is 0. The molecule has 0 aromatic heterocycles. The molecule has 1 amide bonds. The third-order valence-corrected chi connectivity index (χ3v) is 0.830. The summed E-state index contributed by atoms with van der Waals surface area (Å²) in [7, 11) is 0. The SMILES string of the molecule is NC(=O)O.Oc1cccc(O)c1. The summed E-state index contributed by atoms with van der Waals surface area (Å²) in [5, 5.41) is 24.5. The van der Waals surface area contributed by atoms with Gasteiger partial charge in [-0.2, -0.15) is 0 Å². The summed E-state index contributed by atoms with van der Waals surface area (Å²) in [6, 6.07) is 5.85. The van der Waals surface area contributed by atoms with E-state index in [0.29, 0.717) is 0 Å². The Hall–Kier alpha value is -1.91. The normalized spacial score (nSPS) is 8.00. The maximum absolute atomic E-state index is 8.78. The summed E-state index contributed by atoms with van der Waals surface area (Å²) in [5.41, 5.74) is 4.03. The van der Waals surface area contributed by atoms with Crippen LogP contribution in [0.3, 0.4) is 0 Å². The van der Waals surface area contributed by atoms with Crippen LogP contribution in [0.4, 0.5) is 4.79 Å². The van der Waals surface area contributed by atoms with Crippen LogP contribution in [0, 0.1) is 0 Å². The Morgan fingerprint density at radius 2 is 1.58 bits per heavy atom. The molecule has 0 saturated carbocycles. The molecule has 5 N–H and O–H groups in total. The highest BCUT2D eigenvalue weighted by atomic mass is 16.4. The van der Waals surface area contributed by atoms with Crippen LogP contribution >= 0.6 is 0 Å². The van der Waals surface area contributed by atoms with Crippen molar-refractivity contribution in [2.75, 3.05) is 0 Å². The van der Waals surface area contributed by atoms with Crippen molar-refractivity contribution in [2.24, 2.45) is 5.73 Å². The van der Waals surface area contributed by atoms with E-state index in [1.54, 1.807) is 6.07 Å². The van der Waals surface area contributed by atoms with Crippen molar-refractivity contribution in [1.82, 2.24) is 0 Å². The van der Waals surface area contributed by atoms with E-state index in [9.17, 15) is 0 Å². The highest BCUT2D eigenvalue weighted by molar-refractivity contribution is 5.61. The summed E-state index contributed by atoms with van der Waals surface area (Å²) in [6.45, 7) is 0. The summed E-state index contributed by atoms with van der Waals surface area (Å²) in [5.74, 6) is 0.176. The van der Waals surface area contributed by atoms with Crippen LogP contribution < -0.4 is 5.73 Å². The molecule has 0 bridgehead atoms. The topological polar surface area (TPSA) is 104 Å². The largest absolute Gasteiger partial charge is 0.508 e. The summed E-state index contributed by atoms with van der Waals surface area (Å²) < 4.78 is 0. The van der Waals surface area contributed by atoms with Crippen molar-refractivity contribution >= 4 is 6.09 Å². The first-order valence-corrected chi connectivity index (χ1v) is 2.98. The number of phenols is 2. The number of amides is 1. The van der Waals surface area contributed by atoms with Crippen molar-refractivity contribution in [3.8, 4) is 11.5 Å². The fourth-order valence-corrected chi connectivity index (χ4v) is 0.493. The molecule has 0 spiro atoms. The zero-order chi connectivity index (χ0) is 9.56. The molecule has 0 atom stereocenters. The number of rotatable bonds is 0. The molecule has 0 aliphatic rings. The van der Waals surface area contributed by atoms with Gasteiger partial charge in [-0.3, -0.25) is 0 Å². The van der Waals surface area contributed by atoms with Crippen LogP contribution in [0.5, 0.6) is 11.5 Å². The first kappa shape index (κ1) is 10.1. The summed E-state index contributed by atoms with van der Waals surface area (Å²) >= 11 is 0. The van der Waals surface area contributed by atoms with Crippen molar-refractivity contribution in [3.05, 3.63) is 24.3 Å². The van der Waals surface area contributed by atoms with Gasteiger partial charge in [0.2, 0.25) is 0 Å². The van der Waals surface area contributed by atoms with Gasteiger partial charge in [-0.25, -0.2) is 4.79 Å². The van der Waals surface area contributed by atoms with Gasteiger partial charge in [0, 0.05) is 6.07 Å². The number of carboxylic acid groups (broad SMARTS) is 1. The van der Waals surface area contributed by atoms with Crippen LogP contribution in [0.15, 0.2) is 24.3 Å². The Morgan fingerprint density at radius 1 is 1.25 bits per heavy atom. The average Bonchev–Trinajstić information content (AvgIpc) is 1.84. The highest BCUT2D eigenvalue weighted by Gasteiger charge is 1.85. The smallest absolute Gasteiger partial charge is 0.402 e. The molecule has 0 fully saturated rings. The predicted molar refractivity (Wildman–Crippen MR) is 42.0 cm³/mol. The van der Waals surface area contributed by atoms with Gasteiger partial charge >= 0.3 is 6.09 Å². The molecular weight excluding hydrogens is 162 g/mol. The number of carbonyl (C=O) groups is 1. The van der Waals surface area contributed by atoms with Gasteiger partial charge in [0.05, 0.1) is 0 Å². The van der Waals surface area contributed by atoms with Gasteiger partial charge in [-0.1, -0.05) is 6.07 Å². The lowest BCUT2D eigenvalue weighted by atomic mass is 10.3. The minimum absolute atomic E-state index is 0.0880. The lowest BCUT2D eigenvalue weighted by Crippen LogP contribution is -2.03. The minimum atomic E-state index is -1.33. The quantitative estimate of drug-likeness (QED) is 0.461. The van der Waals surface area contributed by atoms with Gasteiger partial charge in [-0.15, -0.1) is 0 Å². The van der Waals surface area contributed by atoms with Crippen LogP contribution in [0.1, 0.15) is 0 Å². The number of phenolic OH excluding ortho intramolecular Hbond substituents is 2. The molecule has 0 aliphatic heterocycles. The Bertz CT molecular complexity index is 240. The molecule has 0 saturated heterocycles. The molecule has 1 aromatic rings. The number of hydrogen-bond donors (Lipinski definition) is 4. The molecule has 0 heterocycles. The zero-order valence-corrected chi connectivity index (χ0v) is 6.14. The first-order chi connectivity index (χ1) is 5.52. The number of benzene rings is 1. The van der Waals surface area contributed by atoms with Gasteiger partial charge in [0.1, 0.15) is 11.5 Å². The second kappa shape index (κ2) is 4.84. The molecule has 0 unspecified atom stereocenters. The van der Waals surface area contributed by atoms with Crippen LogP contribution in [0.25, 0.3) is 0 Å². The van der Waals surface area contributed by atoms with Crippen molar-refractivity contribution in [1.29, 1.82) is 0 Å². The van der Waals surface area contributed by atoms with Crippen molar-refractivity contribution in [2.45, 2.75) is 0 Å². The lowest BCUT2D eigenvalue weighted by molar-refractivity contribution is 0.205. The van der Waals surface area contributed by atoms with E-state index < -0.39 is 6.09 Å². The summed E-state index contributed by atoms with van der Waals surface area (Å²) in [4.78, 5) is 8.78. The number of aromatic hydroxyl groups is 2. The standard InChI is InChI=1S/C6H6O2.CH3NO2/c7-5-2-1-3-6(8)4-5;2-1(3)4/h1-4,7-8H;2H2,(H,3,4). The molecule has 0 aliphatic carbocycles. The van der Waals surface area contributed by atoms with E-state index in [0.717, 1.165) is 0 Å². The fourth-order valence-electron chi connectivity index (χ4n) is 0.493. The summed E-state index contributed by atoms with van der Waals surface area (Å²) in [6.07, 6.45) is -1.33. The van der Waals surface area contributed by atoms with Crippen LogP contribution in [0.2, 0.25) is 0 Å². The zero-order valence-electron chi connectivity index (χ0n) is 6.14. The van der Waals surface area contributed by atoms with Crippen molar-refractivity contribution < 1.29 is 20.1 Å². The van der Waals surface area contributed by atoms with E-state index in [-0.39, 0.29) is 11.5 Å². The molecule has 12 heavy (non-hydrogen) atoms. The maximum Gasteiger partial charge on any atom is 0.402 e. The first-order valence-electron chi connectivity index (χ1n) is 2.98. The van der Waals surface area contributed by atoms with Crippen LogP contribution in [-0.2, 0) is 0 Å². The molecule has 5 nitrogen and oxygen atoms in total. The third-order valence-electron chi connectivity index (χ3n) is 0.830. The Morgan fingerprint density at radius 3 is 1.75 bits per heavy atom. The molecule has 5 heteroatoms. The third kappa shape index (κ3) is 6.21. The molecule has 66 valence electrons. The molecule has 1 aromatic carbocycles. The minimum Gasteiger partial charge on any atom is -0.508 e. The number of hydrogen-bond acceptors (Lipinski definition) is 3. The van der Waals surface area contributed by atoms with Gasteiger partial charge in [0.15, 0.2) is 0 Å². The van der Waals surface area contributed by atoms with Gasteiger partial charge < -0.3 is 21.1 Å². The maximum atomic E-state index is 8.78. The monoisotopic (exact) mass is 171 g/mol.